The Morgan fingerprint density at radius 3 is 2.65 bits per heavy atom. The Bertz CT molecular complexity index is 605. The van der Waals surface area contributed by atoms with Crippen LogP contribution in [0.15, 0.2) is 23.2 Å². The van der Waals surface area contributed by atoms with Crippen LogP contribution in [0.4, 0.5) is 8.78 Å². The molecule has 0 saturated carbocycles. The number of hydrogen-bond acceptors (Lipinski definition) is 4. The van der Waals surface area contributed by atoms with Crippen LogP contribution in [0.3, 0.4) is 0 Å². The van der Waals surface area contributed by atoms with Crippen LogP contribution in [0.5, 0.6) is 5.75 Å². The van der Waals surface area contributed by atoms with Gasteiger partial charge in [0.15, 0.2) is 5.96 Å². The molecule has 1 aliphatic heterocycles. The van der Waals surface area contributed by atoms with Crippen molar-refractivity contribution in [2.75, 3.05) is 33.9 Å². The summed E-state index contributed by atoms with van der Waals surface area (Å²) in [6, 6.07) is 5.10. The fraction of sp³-hybridized carbons (Fsp3) is 0.611. The maximum atomic E-state index is 12.6. The Hall–Kier alpha value is -1.93. The molecule has 26 heavy (non-hydrogen) atoms. The molecule has 1 aromatic carbocycles. The number of nitrogens with one attached hydrogen (secondary N) is 2. The van der Waals surface area contributed by atoms with Gasteiger partial charge in [0.05, 0.1) is 5.60 Å². The molecule has 6 nitrogen and oxygen atoms in total. The summed E-state index contributed by atoms with van der Waals surface area (Å²) in [4.78, 5) is 4.18. The monoisotopic (exact) mass is 371 g/mol. The third-order valence-electron chi connectivity index (χ3n) is 4.52. The van der Waals surface area contributed by atoms with E-state index in [1.807, 2.05) is 13.0 Å². The van der Waals surface area contributed by atoms with Crippen LogP contribution in [0, 0.1) is 6.92 Å². The van der Waals surface area contributed by atoms with Crippen LogP contribution in [-0.2, 0) is 16.0 Å². The lowest BCUT2D eigenvalue weighted by molar-refractivity contribution is -0.0855. The molecule has 8 heteroatoms. The molecular formula is C18H27F2N3O3. The first kappa shape index (κ1) is 20.4. The molecule has 0 amide bonds. The van der Waals surface area contributed by atoms with Gasteiger partial charge in [0, 0.05) is 58.9 Å². The number of guanidine groups is 1. The minimum Gasteiger partial charge on any atom is -0.434 e. The molecule has 146 valence electrons. The van der Waals surface area contributed by atoms with E-state index in [0.29, 0.717) is 37.8 Å². The number of methoxy groups -OCH3 is 1. The average molecular weight is 371 g/mol. The first-order valence-electron chi connectivity index (χ1n) is 8.60. The number of hydrogen-bond donors (Lipinski definition) is 2. The van der Waals surface area contributed by atoms with Crippen LogP contribution in [0.2, 0.25) is 0 Å². The summed E-state index contributed by atoms with van der Waals surface area (Å²) < 4.78 is 40.8. The van der Waals surface area contributed by atoms with Crippen LogP contribution in [0.1, 0.15) is 24.0 Å². The second-order valence-corrected chi connectivity index (χ2v) is 6.27. The highest BCUT2D eigenvalue weighted by Gasteiger charge is 2.32. The van der Waals surface area contributed by atoms with Crippen molar-refractivity contribution in [2.45, 2.75) is 38.5 Å². The van der Waals surface area contributed by atoms with Crippen LogP contribution in [0.25, 0.3) is 0 Å². The van der Waals surface area contributed by atoms with Gasteiger partial charge in [-0.25, -0.2) is 0 Å². The lowest BCUT2D eigenvalue weighted by atomic mass is 9.94. The molecule has 0 radical (unpaired) electrons. The number of aliphatic imine (C=N–C) groups is 1. The number of ether oxygens (including phenoxy) is 3. The van der Waals surface area contributed by atoms with E-state index < -0.39 is 6.61 Å². The summed E-state index contributed by atoms with van der Waals surface area (Å²) in [6.45, 7) is 1.27. The SMILES string of the molecule is CN=C(NCc1cc(C)ccc1OC(F)F)NCC1(OC)CCOCC1. The van der Waals surface area contributed by atoms with Gasteiger partial charge in [-0.05, 0) is 13.0 Å². The zero-order valence-corrected chi connectivity index (χ0v) is 15.5. The smallest absolute Gasteiger partial charge is 0.387 e. The topological polar surface area (TPSA) is 64.1 Å². The highest BCUT2D eigenvalue weighted by Crippen LogP contribution is 2.24. The van der Waals surface area contributed by atoms with Gasteiger partial charge in [-0.3, -0.25) is 4.99 Å². The summed E-state index contributed by atoms with van der Waals surface area (Å²) in [6.07, 6.45) is 1.61. The number of alkyl halides is 2. The van der Waals surface area contributed by atoms with Crippen LogP contribution >= 0.6 is 0 Å². The normalized spacial score (nSPS) is 17.2. The third-order valence-corrected chi connectivity index (χ3v) is 4.52. The van der Waals surface area contributed by atoms with Crippen molar-refractivity contribution >= 4 is 5.96 Å². The van der Waals surface area contributed by atoms with Crippen LogP contribution in [-0.4, -0.2) is 52.1 Å². The number of rotatable bonds is 7. The lowest BCUT2D eigenvalue weighted by Gasteiger charge is -2.36. The van der Waals surface area contributed by atoms with Crippen molar-refractivity contribution in [3.8, 4) is 5.75 Å². The fourth-order valence-electron chi connectivity index (χ4n) is 2.90. The molecular weight excluding hydrogens is 344 g/mol. The number of aryl methyl sites for hydroxylation is 1. The molecule has 1 aliphatic rings. The Morgan fingerprint density at radius 2 is 2.04 bits per heavy atom. The predicted molar refractivity (Wildman–Crippen MR) is 95.8 cm³/mol. The Labute approximate surface area is 152 Å². The molecule has 1 aromatic rings. The number of halogens is 2. The van der Waals surface area contributed by atoms with Crippen molar-refractivity contribution in [3.63, 3.8) is 0 Å². The van der Waals surface area contributed by atoms with Crippen molar-refractivity contribution in [1.29, 1.82) is 0 Å². The molecule has 0 spiro atoms. The highest BCUT2D eigenvalue weighted by molar-refractivity contribution is 5.79. The Balaban J connectivity index is 1.95. The van der Waals surface area contributed by atoms with Gasteiger partial charge in [0.2, 0.25) is 0 Å². The molecule has 1 heterocycles. The van der Waals surface area contributed by atoms with E-state index in [2.05, 4.69) is 20.4 Å². The van der Waals surface area contributed by atoms with Gasteiger partial charge in [-0.15, -0.1) is 0 Å². The molecule has 1 fully saturated rings. The molecule has 2 N–H and O–H groups in total. The zero-order chi connectivity index (χ0) is 19.0. The van der Waals surface area contributed by atoms with E-state index in [-0.39, 0.29) is 11.4 Å². The van der Waals surface area contributed by atoms with Crippen molar-refractivity contribution in [1.82, 2.24) is 10.6 Å². The van der Waals surface area contributed by atoms with Crippen molar-refractivity contribution in [2.24, 2.45) is 4.99 Å². The van der Waals surface area contributed by atoms with Gasteiger partial charge >= 0.3 is 6.61 Å². The van der Waals surface area contributed by atoms with Crippen LogP contribution < -0.4 is 15.4 Å². The molecule has 0 aromatic heterocycles. The van der Waals surface area contributed by atoms with Gasteiger partial charge < -0.3 is 24.8 Å². The summed E-state index contributed by atoms with van der Waals surface area (Å²) in [5, 5.41) is 6.38. The van der Waals surface area contributed by atoms with E-state index in [1.54, 1.807) is 26.3 Å². The molecule has 1 saturated heterocycles. The number of benzene rings is 1. The fourth-order valence-corrected chi connectivity index (χ4v) is 2.90. The molecule has 0 unspecified atom stereocenters. The quantitative estimate of drug-likeness (QED) is 0.569. The Morgan fingerprint density at radius 1 is 1.31 bits per heavy atom. The van der Waals surface area contributed by atoms with Gasteiger partial charge in [0.1, 0.15) is 5.75 Å². The second kappa shape index (κ2) is 9.68. The van der Waals surface area contributed by atoms with E-state index in [9.17, 15) is 8.78 Å². The first-order chi connectivity index (χ1) is 12.5. The molecule has 2 rings (SSSR count). The zero-order valence-electron chi connectivity index (χ0n) is 15.5. The second-order valence-electron chi connectivity index (χ2n) is 6.27. The van der Waals surface area contributed by atoms with E-state index in [1.165, 1.54) is 0 Å². The maximum Gasteiger partial charge on any atom is 0.387 e. The maximum absolute atomic E-state index is 12.6. The average Bonchev–Trinajstić information content (AvgIpc) is 2.64. The first-order valence-corrected chi connectivity index (χ1v) is 8.60. The van der Waals surface area contributed by atoms with Gasteiger partial charge in [-0.1, -0.05) is 17.7 Å². The third kappa shape index (κ3) is 5.81. The van der Waals surface area contributed by atoms with E-state index in [0.717, 1.165) is 18.4 Å². The van der Waals surface area contributed by atoms with Crippen molar-refractivity contribution < 1.29 is 23.0 Å². The standard InChI is InChI=1S/C18H27F2N3O3/c1-13-4-5-15(26-16(19)20)14(10-13)11-22-17(21-2)23-12-18(24-3)6-8-25-9-7-18/h4-5,10,16H,6-9,11-12H2,1-3H3,(H2,21,22,23). The Kier molecular flexibility index (Phi) is 7.59. The highest BCUT2D eigenvalue weighted by atomic mass is 19.3. The predicted octanol–water partition coefficient (Wildman–Crippen LogP) is 2.46. The largest absolute Gasteiger partial charge is 0.434 e. The lowest BCUT2D eigenvalue weighted by Crippen LogP contribution is -2.50. The minimum absolute atomic E-state index is 0.159. The van der Waals surface area contributed by atoms with Crippen molar-refractivity contribution in [3.05, 3.63) is 29.3 Å². The summed E-state index contributed by atoms with van der Waals surface area (Å²) >= 11 is 0. The van der Waals surface area contributed by atoms with E-state index in [4.69, 9.17) is 9.47 Å². The molecule has 0 atom stereocenters. The summed E-state index contributed by atoms with van der Waals surface area (Å²) in [5.41, 5.74) is 1.32. The van der Waals surface area contributed by atoms with Gasteiger partial charge in [-0.2, -0.15) is 8.78 Å². The summed E-state index contributed by atoms with van der Waals surface area (Å²) in [7, 11) is 3.36. The molecule has 0 bridgehead atoms. The van der Waals surface area contributed by atoms with E-state index >= 15 is 0 Å². The molecule has 0 aliphatic carbocycles. The number of nitrogens with zero attached hydrogens (tertiary/aromatic N) is 1. The summed E-state index contributed by atoms with van der Waals surface area (Å²) in [5.74, 6) is 0.726. The minimum atomic E-state index is -2.86. The van der Waals surface area contributed by atoms with Gasteiger partial charge in [0.25, 0.3) is 0 Å².